The number of carbonyl (C=O) groups is 1. The molecule has 2 aromatic carbocycles. The van der Waals surface area contributed by atoms with Crippen molar-refractivity contribution in [1.82, 2.24) is 14.8 Å². The molecule has 29 heavy (non-hydrogen) atoms. The second-order valence-corrected chi connectivity index (χ2v) is 9.00. The molecule has 3 aromatic rings. The first kappa shape index (κ1) is 21.3. The van der Waals surface area contributed by atoms with Crippen molar-refractivity contribution in [2.45, 2.75) is 31.3 Å². The lowest BCUT2D eigenvalue weighted by atomic mass is 9.87. The van der Waals surface area contributed by atoms with Gasteiger partial charge in [-0.05, 0) is 29.2 Å². The van der Waals surface area contributed by atoms with E-state index in [2.05, 4.69) is 48.4 Å². The lowest BCUT2D eigenvalue weighted by Crippen LogP contribution is -2.14. The fraction of sp³-hybridized carbons (Fsp3) is 0.286. The summed E-state index contributed by atoms with van der Waals surface area (Å²) >= 11 is 7.20. The van der Waals surface area contributed by atoms with Crippen LogP contribution in [0.4, 0.5) is 10.1 Å². The molecule has 3 rings (SSSR count). The minimum Gasteiger partial charge on any atom is -0.324 e. The smallest absolute Gasteiger partial charge is 0.234 e. The van der Waals surface area contributed by atoms with E-state index < -0.39 is 5.82 Å². The monoisotopic (exact) mass is 432 g/mol. The fourth-order valence-corrected chi connectivity index (χ4v) is 3.64. The van der Waals surface area contributed by atoms with Gasteiger partial charge >= 0.3 is 0 Å². The summed E-state index contributed by atoms with van der Waals surface area (Å²) in [5.41, 5.74) is 2.66. The quantitative estimate of drug-likeness (QED) is 0.555. The summed E-state index contributed by atoms with van der Waals surface area (Å²) in [6, 6.07) is 12.1. The topological polar surface area (TPSA) is 59.8 Å². The highest BCUT2D eigenvalue weighted by Gasteiger charge is 2.16. The van der Waals surface area contributed by atoms with Crippen LogP contribution < -0.4 is 5.32 Å². The number of carbonyl (C=O) groups excluding carboxylic acids is 1. The van der Waals surface area contributed by atoms with Crippen molar-refractivity contribution < 1.29 is 9.18 Å². The molecule has 1 heterocycles. The van der Waals surface area contributed by atoms with Gasteiger partial charge in [0.05, 0.1) is 16.5 Å². The van der Waals surface area contributed by atoms with Crippen LogP contribution in [0.3, 0.4) is 0 Å². The maximum atomic E-state index is 13.1. The third-order valence-corrected chi connectivity index (χ3v) is 5.71. The van der Waals surface area contributed by atoms with Gasteiger partial charge in [0, 0.05) is 12.6 Å². The van der Waals surface area contributed by atoms with Crippen LogP contribution in [0, 0.1) is 5.82 Å². The SMILES string of the molecule is Cn1c(SCC(=O)Nc2ccc(F)cc2Cl)nnc1-c1ccc(C(C)(C)C)cc1. The van der Waals surface area contributed by atoms with Crippen molar-refractivity contribution >= 4 is 35.0 Å². The number of nitrogens with one attached hydrogen (secondary N) is 1. The number of rotatable bonds is 5. The van der Waals surface area contributed by atoms with Crippen molar-refractivity contribution in [3.63, 3.8) is 0 Å². The normalized spacial score (nSPS) is 11.5. The molecule has 0 radical (unpaired) electrons. The summed E-state index contributed by atoms with van der Waals surface area (Å²) in [5, 5.41) is 11.9. The number of nitrogens with zero attached hydrogens (tertiary/aromatic N) is 3. The molecule has 152 valence electrons. The Labute approximate surface area is 178 Å². The molecule has 8 heteroatoms. The Hall–Kier alpha value is -2.38. The Balaban J connectivity index is 1.66. The first-order valence-electron chi connectivity index (χ1n) is 9.03. The number of thioether (sulfide) groups is 1. The summed E-state index contributed by atoms with van der Waals surface area (Å²) in [6.07, 6.45) is 0. The number of hydrogen-bond acceptors (Lipinski definition) is 4. The van der Waals surface area contributed by atoms with Crippen LogP contribution in [0.15, 0.2) is 47.6 Å². The Kier molecular flexibility index (Phi) is 6.29. The summed E-state index contributed by atoms with van der Waals surface area (Å²) in [4.78, 5) is 12.2. The maximum absolute atomic E-state index is 13.1. The highest BCUT2D eigenvalue weighted by Crippen LogP contribution is 2.27. The third kappa shape index (κ3) is 5.16. The van der Waals surface area contributed by atoms with Crippen LogP contribution in [0.2, 0.25) is 5.02 Å². The van der Waals surface area contributed by atoms with Gasteiger partial charge in [-0.2, -0.15) is 0 Å². The molecule has 1 amide bonds. The number of benzene rings is 2. The lowest BCUT2D eigenvalue weighted by molar-refractivity contribution is -0.113. The number of anilines is 1. The average molecular weight is 433 g/mol. The van der Waals surface area contributed by atoms with Crippen molar-refractivity contribution in [1.29, 1.82) is 0 Å². The van der Waals surface area contributed by atoms with Gasteiger partial charge in [0.2, 0.25) is 5.91 Å². The Bertz CT molecular complexity index is 1030. The van der Waals surface area contributed by atoms with Gasteiger partial charge < -0.3 is 9.88 Å². The lowest BCUT2D eigenvalue weighted by Gasteiger charge is -2.19. The number of halogens is 2. The highest BCUT2D eigenvalue weighted by atomic mass is 35.5. The molecule has 0 saturated heterocycles. The predicted octanol–water partition coefficient (Wildman–Crippen LogP) is 5.30. The number of hydrogen-bond donors (Lipinski definition) is 1. The number of amides is 1. The molecule has 5 nitrogen and oxygen atoms in total. The van der Waals surface area contributed by atoms with Crippen LogP contribution >= 0.6 is 23.4 Å². The molecule has 0 spiro atoms. The maximum Gasteiger partial charge on any atom is 0.234 e. The Morgan fingerprint density at radius 3 is 2.48 bits per heavy atom. The van der Waals surface area contributed by atoms with Crippen LogP contribution in [-0.4, -0.2) is 26.4 Å². The fourth-order valence-electron chi connectivity index (χ4n) is 2.72. The molecule has 0 fully saturated rings. The van der Waals surface area contributed by atoms with Gasteiger partial charge in [-0.3, -0.25) is 4.79 Å². The molecular weight excluding hydrogens is 411 g/mol. The van der Waals surface area contributed by atoms with E-state index in [1.54, 1.807) is 0 Å². The van der Waals surface area contributed by atoms with Crippen molar-refractivity contribution in [2.75, 3.05) is 11.1 Å². The second kappa shape index (κ2) is 8.55. The van der Waals surface area contributed by atoms with Crippen molar-refractivity contribution in [2.24, 2.45) is 7.05 Å². The molecular formula is C21H22ClFN4OS. The van der Waals surface area contributed by atoms with E-state index in [1.165, 1.54) is 29.5 Å². The molecule has 0 saturated carbocycles. The molecule has 0 bridgehead atoms. The highest BCUT2D eigenvalue weighted by molar-refractivity contribution is 7.99. The zero-order valence-electron chi connectivity index (χ0n) is 16.7. The van der Waals surface area contributed by atoms with Crippen LogP contribution in [0.25, 0.3) is 11.4 Å². The molecule has 0 aliphatic rings. The minimum atomic E-state index is -0.454. The van der Waals surface area contributed by atoms with Crippen molar-refractivity contribution in [3.8, 4) is 11.4 Å². The van der Waals surface area contributed by atoms with Gasteiger partial charge in [-0.1, -0.05) is 68.4 Å². The average Bonchev–Trinajstić information content (AvgIpc) is 3.02. The van der Waals surface area contributed by atoms with E-state index in [9.17, 15) is 9.18 Å². The van der Waals surface area contributed by atoms with Gasteiger partial charge in [0.15, 0.2) is 11.0 Å². The molecule has 0 aliphatic heterocycles. The summed E-state index contributed by atoms with van der Waals surface area (Å²) in [5.74, 6) is 0.143. The first-order chi connectivity index (χ1) is 13.6. The second-order valence-electron chi connectivity index (χ2n) is 7.65. The third-order valence-electron chi connectivity index (χ3n) is 4.38. The molecule has 0 atom stereocenters. The van der Waals surface area contributed by atoms with Crippen LogP contribution in [-0.2, 0) is 17.3 Å². The van der Waals surface area contributed by atoms with E-state index in [4.69, 9.17) is 11.6 Å². The molecule has 0 unspecified atom stereocenters. The van der Waals surface area contributed by atoms with Crippen molar-refractivity contribution in [3.05, 3.63) is 58.9 Å². The summed E-state index contributed by atoms with van der Waals surface area (Å²) in [7, 11) is 1.87. The molecule has 1 aromatic heterocycles. The largest absolute Gasteiger partial charge is 0.324 e. The van der Waals surface area contributed by atoms with E-state index in [-0.39, 0.29) is 22.1 Å². The zero-order valence-corrected chi connectivity index (χ0v) is 18.2. The van der Waals surface area contributed by atoms with E-state index in [0.29, 0.717) is 10.8 Å². The van der Waals surface area contributed by atoms with E-state index in [1.807, 2.05) is 23.7 Å². The van der Waals surface area contributed by atoms with Gasteiger partial charge in [-0.15, -0.1) is 10.2 Å². The molecule has 1 N–H and O–H groups in total. The minimum absolute atomic E-state index is 0.0835. The summed E-state index contributed by atoms with van der Waals surface area (Å²) in [6.45, 7) is 6.51. The van der Waals surface area contributed by atoms with Crippen LogP contribution in [0.5, 0.6) is 0 Å². The van der Waals surface area contributed by atoms with E-state index >= 15 is 0 Å². The number of aromatic nitrogens is 3. The first-order valence-corrected chi connectivity index (χ1v) is 10.4. The van der Waals surface area contributed by atoms with Gasteiger partial charge in [-0.25, -0.2) is 4.39 Å². The Morgan fingerprint density at radius 1 is 1.17 bits per heavy atom. The van der Waals surface area contributed by atoms with Crippen LogP contribution in [0.1, 0.15) is 26.3 Å². The standard InChI is InChI=1S/C21H22ClFN4OS/c1-21(2,3)14-7-5-13(6-8-14)19-25-26-20(27(19)4)29-12-18(28)24-17-10-9-15(23)11-16(17)22/h5-11H,12H2,1-4H3,(H,24,28). The predicted molar refractivity (Wildman–Crippen MR) is 116 cm³/mol. The van der Waals surface area contributed by atoms with Gasteiger partial charge in [0.1, 0.15) is 5.82 Å². The zero-order chi connectivity index (χ0) is 21.2. The molecule has 0 aliphatic carbocycles. The van der Waals surface area contributed by atoms with Gasteiger partial charge in [0.25, 0.3) is 0 Å². The summed E-state index contributed by atoms with van der Waals surface area (Å²) < 4.78 is 15.0. The van der Waals surface area contributed by atoms with E-state index in [0.717, 1.165) is 17.5 Å². The Morgan fingerprint density at radius 2 is 1.86 bits per heavy atom.